The number of nitrogens with zero attached hydrogens (tertiary/aromatic N) is 2. The average Bonchev–Trinajstić information content (AvgIpc) is 2.59. The Morgan fingerprint density at radius 3 is 2.25 bits per heavy atom. The molecule has 2 amide bonds. The molecule has 0 spiro atoms. The molecule has 0 aliphatic carbocycles. The van der Waals surface area contributed by atoms with Crippen molar-refractivity contribution in [1.29, 1.82) is 0 Å². The number of benzene rings is 1. The van der Waals surface area contributed by atoms with E-state index in [4.69, 9.17) is 4.74 Å². The fraction of sp³-hybridized carbons (Fsp3) is 0.353. The second-order valence-electron chi connectivity index (χ2n) is 5.38. The Bertz CT molecular complexity index is 634. The van der Waals surface area contributed by atoms with Gasteiger partial charge in [0.2, 0.25) is 5.91 Å². The molecule has 1 aromatic rings. The lowest BCUT2D eigenvalue weighted by atomic mass is 10.2. The first-order valence-corrected chi connectivity index (χ1v) is 7.59. The maximum absolute atomic E-state index is 12.8. The zero-order valence-corrected chi connectivity index (χ0v) is 13.4. The fourth-order valence-corrected chi connectivity index (χ4v) is 2.28. The number of halogens is 1. The molecule has 0 radical (unpaired) electrons. The van der Waals surface area contributed by atoms with E-state index < -0.39 is 5.97 Å². The Hall–Kier alpha value is -2.70. The summed E-state index contributed by atoms with van der Waals surface area (Å²) in [6, 6.07) is 5.63. The van der Waals surface area contributed by atoms with E-state index in [1.807, 2.05) is 0 Å². The highest BCUT2D eigenvalue weighted by Gasteiger charge is 2.22. The van der Waals surface area contributed by atoms with Crippen LogP contribution in [0.15, 0.2) is 30.3 Å². The number of carbonyl (C=O) groups is 3. The molecule has 24 heavy (non-hydrogen) atoms. The second kappa shape index (κ2) is 8.24. The highest BCUT2D eigenvalue weighted by atomic mass is 19.1. The summed E-state index contributed by atoms with van der Waals surface area (Å²) in [7, 11) is 0. The van der Waals surface area contributed by atoms with Crippen LogP contribution in [0.4, 0.5) is 4.39 Å². The molecule has 0 aromatic heterocycles. The summed E-state index contributed by atoms with van der Waals surface area (Å²) in [4.78, 5) is 38.0. The molecule has 0 atom stereocenters. The van der Waals surface area contributed by atoms with Crippen molar-refractivity contribution < 1.29 is 23.5 Å². The van der Waals surface area contributed by atoms with Crippen molar-refractivity contribution in [2.45, 2.75) is 6.92 Å². The third-order valence-corrected chi connectivity index (χ3v) is 3.70. The van der Waals surface area contributed by atoms with Gasteiger partial charge in [-0.15, -0.1) is 0 Å². The topological polar surface area (TPSA) is 66.9 Å². The van der Waals surface area contributed by atoms with E-state index in [9.17, 15) is 18.8 Å². The van der Waals surface area contributed by atoms with Gasteiger partial charge in [0.05, 0.1) is 0 Å². The summed E-state index contributed by atoms with van der Waals surface area (Å²) < 4.78 is 17.7. The van der Waals surface area contributed by atoms with Crippen LogP contribution < -0.4 is 0 Å². The lowest BCUT2D eigenvalue weighted by Crippen LogP contribution is -2.51. The van der Waals surface area contributed by atoms with Crippen molar-refractivity contribution in [2.75, 3.05) is 32.8 Å². The molecule has 128 valence electrons. The SMILES string of the molecule is CC(=O)N1CCN(C(=O)COC(=O)/C=C/c2ccc(F)cc2)CC1. The van der Waals surface area contributed by atoms with Gasteiger partial charge in [-0.2, -0.15) is 0 Å². The summed E-state index contributed by atoms with van der Waals surface area (Å²) in [5.74, 6) is -1.30. The van der Waals surface area contributed by atoms with Crippen LogP contribution in [-0.4, -0.2) is 60.4 Å². The van der Waals surface area contributed by atoms with Gasteiger partial charge in [-0.3, -0.25) is 9.59 Å². The molecule has 1 heterocycles. The molecule has 0 unspecified atom stereocenters. The van der Waals surface area contributed by atoms with Gasteiger partial charge >= 0.3 is 5.97 Å². The van der Waals surface area contributed by atoms with E-state index in [1.165, 1.54) is 43.3 Å². The van der Waals surface area contributed by atoms with Crippen LogP contribution in [0.25, 0.3) is 6.08 Å². The Kier molecular flexibility index (Phi) is 6.06. The molecule has 1 saturated heterocycles. The van der Waals surface area contributed by atoms with Gasteiger partial charge in [-0.1, -0.05) is 12.1 Å². The first-order chi connectivity index (χ1) is 11.5. The lowest BCUT2D eigenvalue weighted by Gasteiger charge is -2.34. The molecule has 0 bridgehead atoms. The van der Waals surface area contributed by atoms with Gasteiger partial charge in [-0.05, 0) is 23.8 Å². The number of piperazine rings is 1. The number of hydrogen-bond donors (Lipinski definition) is 0. The van der Waals surface area contributed by atoms with Crippen molar-refractivity contribution in [2.24, 2.45) is 0 Å². The minimum atomic E-state index is -0.643. The van der Waals surface area contributed by atoms with E-state index in [0.29, 0.717) is 31.7 Å². The molecule has 1 fully saturated rings. The zero-order valence-electron chi connectivity index (χ0n) is 13.4. The van der Waals surface area contributed by atoms with Crippen LogP contribution in [0.3, 0.4) is 0 Å². The Morgan fingerprint density at radius 1 is 1.08 bits per heavy atom. The molecule has 1 aliphatic rings. The van der Waals surface area contributed by atoms with E-state index in [-0.39, 0.29) is 24.2 Å². The largest absolute Gasteiger partial charge is 0.452 e. The molecule has 2 rings (SSSR count). The molecular weight excluding hydrogens is 315 g/mol. The minimum absolute atomic E-state index is 0.0144. The number of amides is 2. The fourth-order valence-electron chi connectivity index (χ4n) is 2.28. The standard InChI is InChI=1S/C17H19FN2O4/c1-13(21)19-8-10-20(11-9-19)16(22)12-24-17(23)7-4-14-2-5-15(18)6-3-14/h2-7H,8-12H2,1H3/b7-4+. The molecule has 1 aromatic carbocycles. The predicted octanol–water partition coefficient (Wildman–Crippen LogP) is 1.07. The van der Waals surface area contributed by atoms with Crippen LogP contribution in [0, 0.1) is 5.82 Å². The average molecular weight is 334 g/mol. The molecule has 0 N–H and O–H groups in total. The normalized spacial score (nSPS) is 14.8. The smallest absolute Gasteiger partial charge is 0.331 e. The third kappa shape index (κ3) is 5.19. The monoisotopic (exact) mass is 334 g/mol. The van der Waals surface area contributed by atoms with Crippen molar-refractivity contribution in [3.8, 4) is 0 Å². The van der Waals surface area contributed by atoms with Gasteiger partial charge in [0, 0.05) is 39.2 Å². The first-order valence-electron chi connectivity index (χ1n) is 7.59. The van der Waals surface area contributed by atoms with Gasteiger partial charge in [0.15, 0.2) is 6.61 Å². The van der Waals surface area contributed by atoms with Gasteiger partial charge < -0.3 is 14.5 Å². The summed E-state index contributed by atoms with van der Waals surface area (Å²) in [6.07, 6.45) is 2.67. The van der Waals surface area contributed by atoms with Crippen LogP contribution in [0.2, 0.25) is 0 Å². The molecule has 7 heteroatoms. The van der Waals surface area contributed by atoms with Gasteiger partial charge in [0.25, 0.3) is 5.91 Å². The van der Waals surface area contributed by atoms with Crippen molar-refractivity contribution >= 4 is 23.9 Å². The van der Waals surface area contributed by atoms with Gasteiger partial charge in [-0.25, -0.2) is 9.18 Å². The van der Waals surface area contributed by atoms with Crippen LogP contribution >= 0.6 is 0 Å². The van der Waals surface area contributed by atoms with Crippen molar-refractivity contribution in [1.82, 2.24) is 9.80 Å². The highest BCUT2D eigenvalue weighted by Crippen LogP contribution is 2.05. The predicted molar refractivity (Wildman–Crippen MR) is 85.2 cm³/mol. The van der Waals surface area contributed by atoms with Crippen molar-refractivity contribution in [3.05, 3.63) is 41.7 Å². The third-order valence-electron chi connectivity index (χ3n) is 3.70. The number of esters is 1. The Morgan fingerprint density at radius 2 is 1.67 bits per heavy atom. The van der Waals surface area contributed by atoms with E-state index in [2.05, 4.69) is 0 Å². The zero-order chi connectivity index (χ0) is 17.5. The van der Waals surface area contributed by atoms with E-state index in [0.717, 1.165) is 0 Å². The number of carbonyl (C=O) groups excluding carboxylic acids is 3. The van der Waals surface area contributed by atoms with Crippen LogP contribution in [-0.2, 0) is 19.1 Å². The van der Waals surface area contributed by atoms with Crippen LogP contribution in [0.1, 0.15) is 12.5 Å². The Balaban J connectivity index is 1.74. The molecule has 1 aliphatic heterocycles. The number of rotatable bonds is 4. The molecule has 0 saturated carbocycles. The highest BCUT2D eigenvalue weighted by molar-refractivity contribution is 5.89. The summed E-state index contributed by atoms with van der Waals surface area (Å²) in [6.45, 7) is 2.99. The lowest BCUT2D eigenvalue weighted by molar-refractivity contribution is -0.149. The second-order valence-corrected chi connectivity index (χ2v) is 5.38. The van der Waals surface area contributed by atoms with E-state index >= 15 is 0 Å². The Labute approximate surface area is 139 Å². The molecule has 6 nitrogen and oxygen atoms in total. The quantitative estimate of drug-likeness (QED) is 0.610. The van der Waals surface area contributed by atoms with Crippen molar-refractivity contribution in [3.63, 3.8) is 0 Å². The van der Waals surface area contributed by atoms with E-state index in [1.54, 1.807) is 9.80 Å². The number of hydrogen-bond acceptors (Lipinski definition) is 4. The minimum Gasteiger partial charge on any atom is -0.452 e. The molecular formula is C17H19FN2O4. The summed E-state index contributed by atoms with van der Waals surface area (Å²) in [5.41, 5.74) is 0.653. The maximum Gasteiger partial charge on any atom is 0.331 e. The first kappa shape index (κ1) is 17.7. The van der Waals surface area contributed by atoms with Gasteiger partial charge in [0.1, 0.15) is 5.82 Å². The summed E-state index contributed by atoms with van der Waals surface area (Å²) in [5, 5.41) is 0. The number of ether oxygens (including phenoxy) is 1. The summed E-state index contributed by atoms with van der Waals surface area (Å²) >= 11 is 0. The van der Waals surface area contributed by atoms with Crippen LogP contribution in [0.5, 0.6) is 0 Å². The maximum atomic E-state index is 12.8.